The maximum atomic E-state index is 12.2. The van der Waals surface area contributed by atoms with Gasteiger partial charge in [-0.05, 0) is 11.5 Å². The molecule has 104 valence electrons. The Morgan fingerprint density at radius 3 is 2.68 bits per heavy atom. The van der Waals surface area contributed by atoms with Crippen molar-refractivity contribution in [3.8, 4) is 0 Å². The summed E-state index contributed by atoms with van der Waals surface area (Å²) in [5, 5.41) is 6.30. The lowest BCUT2D eigenvalue weighted by atomic mass is 9.95. The van der Waals surface area contributed by atoms with Gasteiger partial charge in [0.15, 0.2) is 0 Å². The number of morpholine rings is 1. The van der Waals surface area contributed by atoms with Crippen LogP contribution < -0.4 is 10.6 Å². The molecule has 1 aromatic rings. The fourth-order valence-electron chi connectivity index (χ4n) is 2.28. The van der Waals surface area contributed by atoms with E-state index in [0.29, 0.717) is 19.1 Å². The molecule has 2 unspecified atom stereocenters. The van der Waals surface area contributed by atoms with Crippen LogP contribution in [0.25, 0.3) is 0 Å². The zero-order valence-corrected chi connectivity index (χ0v) is 11.6. The van der Waals surface area contributed by atoms with Gasteiger partial charge in [-0.3, -0.25) is 4.79 Å². The van der Waals surface area contributed by atoms with Crippen LogP contribution >= 0.6 is 0 Å². The fourth-order valence-corrected chi connectivity index (χ4v) is 2.28. The van der Waals surface area contributed by atoms with Crippen molar-refractivity contribution in [2.45, 2.75) is 25.9 Å². The molecule has 2 rings (SSSR count). The molecule has 0 aromatic heterocycles. The Kier molecular flexibility index (Phi) is 4.93. The van der Waals surface area contributed by atoms with Crippen LogP contribution in [0.4, 0.5) is 0 Å². The summed E-state index contributed by atoms with van der Waals surface area (Å²) in [6, 6.07) is 9.89. The first-order valence-corrected chi connectivity index (χ1v) is 6.85. The minimum Gasteiger partial charge on any atom is -0.378 e. The molecule has 1 amide bonds. The summed E-state index contributed by atoms with van der Waals surface area (Å²) in [4.78, 5) is 12.2. The highest BCUT2D eigenvalue weighted by Gasteiger charge is 2.25. The lowest BCUT2D eigenvalue weighted by Crippen LogP contribution is -2.52. The maximum Gasteiger partial charge on any atom is 0.240 e. The number of benzene rings is 1. The number of hydrogen-bond donors (Lipinski definition) is 2. The molecule has 0 spiro atoms. The smallest absolute Gasteiger partial charge is 0.240 e. The van der Waals surface area contributed by atoms with Crippen LogP contribution in [-0.4, -0.2) is 31.7 Å². The van der Waals surface area contributed by atoms with Gasteiger partial charge in [-0.2, -0.15) is 0 Å². The van der Waals surface area contributed by atoms with Gasteiger partial charge in [0.1, 0.15) is 6.04 Å². The topological polar surface area (TPSA) is 50.4 Å². The molecule has 2 atom stereocenters. The third-order valence-electron chi connectivity index (χ3n) is 3.36. The molecule has 1 aliphatic rings. The van der Waals surface area contributed by atoms with Crippen LogP contribution in [0.2, 0.25) is 0 Å². The number of hydrogen-bond acceptors (Lipinski definition) is 3. The van der Waals surface area contributed by atoms with Gasteiger partial charge < -0.3 is 15.4 Å². The molecule has 0 bridgehead atoms. The summed E-state index contributed by atoms with van der Waals surface area (Å²) >= 11 is 0. The standard InChI is InChI=1S/C15H22N2O2/c1-11(2)14(12-6-4-3-5-7-12)17-15(18)13-10-19-9-8-16-13/h3-7,11,13-14,16H,8-10H2,1-2H3,(H,17,18). The van der Waals surface area contributed by atoms with E-state index in [1.54, 1.807) is 0 Å². The average Bonchev–Trinajstić information content (AvgIpc) is 2.46. The monoisotopic (exact) mass is 262 g/mol. The number of rotatable bonds is 4. The van der Waals surface area contributed by atoms with Gasteiger partial charge in [0, 0.05) is 6.54 Å². The van der Waals surface area contributed by atoms with E-state index in [-0.39, 0.29) is 18.0 Å². The maximum absolute atomic E-state index is 12.2. The van der Waals surface area contributed by atoms with Gasteiger partial charge in [0.2, 0.25) is 5.91 Å². The second kappa shape index (κ2) is 6.68. The SMILES string of the molecule is CC(C)C(NC(=O)C1COCCN1)c1ccccc1. The molecule has 4 heteroatoms. The van der Waals surface area contributed by atoms with E-state index in [1.807, 2.05) is 18.2 Å². The second-order valence-corrected chi connectivity index (χ2v) is 5.22. The van der Waals surface area contributed by atoms with Crippen molar-refractivity contribution in [1.29, 1.82) is 0 Å². The van der Waals surface area contributed by atoms with Gasteiger partial charge in [0.05, 0.1) is 19.3 Å². The van der Waals surface area contributed by atoms with Crippen LogP contribution in [0, 0.1) is 5.92 Å². The third-order valence-corrected chi connectivity index (χ3v) is 3.36. The highest BCUT2D eigenvalue weighted by atomic mass is 16.5. The van der Waals surface area contributed by atoms with Gasteiger partial charge >= 0.3 is 0 Å². The summed E-state index contributed by atoms with van der Waals surface area (Å²) in [6.07, 6.45) is 0. The highest BCUT2D eigenvalue weighted by Crippen LogP contribution is 2.21. The van der Waals surface area contributed by atoms with Crippen molar-refractivity contribution in [2.24, 2.45) is 5.92 Å². The molecule has 19 heavy (non-hydrogen) atoms. The first-order valence-electron chi connectivity index (χ1n) is 6.85. The molecule has 0 radical (unpaired) electrons. The number of carbonyl (C=O) groups is 1. The number of amides is 1. The van der Waals surface area contributed by atoms with Crippen molar-refractivity contribution in [3.63, 3.8) is 0 Å². The van der Waals surface area contributed by atoms with Gasteiger partial charge in [0.25, 0.3) is 0 Å². The average molecular weight is 262 g/mol. The zero-order chi connectivity index (χ0) is 13.7. The molecule has 4 nitrogen and oxygen atoms in total. The van der Waals surface area contributed by atoms with E-state index >= 15 is 0 Å². The summed E-state index contributed by atoms with van der Waals surface area (Å²) in [5.74, 6) is 0.359. The van der Waals surface area contributed by atoms with Crippen molar-refractivity contribution in [2.75, 3.05) is 19.8 Å². The van der Waals surface area contributed by atoms with Gasteiger partial charge in [-0.1, -0.05) is 44.2 Å². The molecule has 1 saturated heterocycles. The Morgan fingerprint density at radius 2 is 2.11 bits per heavy atom. The van der Waals surface area contributed by atoms with Gasteiger partial charge in [-0.25, -0.2) is 0 Å². The van der Waals surface area contributed by atoms with Crippen LogP contribution in [0.5, 0.6) is 0 Å². The lowest BCUT2D eigenvalue weighted by molar-refractivity contribution is -0.127. The quantitative estimate of drug-likeness (QED) is 0.864. The summed E-state index contributed by atoms with van der Waals surface area (Å²) in [6.45, 7) is 6.09. The zero-order valence-electron chi connectivity index (χ0n) is 11.6. The molecule has 1 fully saturated rings. The van der Waals surface area contributed by atoms with Crippen molar-refractivity contribution < 1.29 is 9.53 Å². The van der Waals surface area contributed by atoms with E-state index in [4.69, 9.17) is 4.74 Å². The van der Waals surface area contributed by atoms with E-state index in [1.165, 1.54) is 0 Å². The minimum absolute atomic E-state index is 0.0160. The Morgan fingerprint density at radius 1 is 1.37 bits per heavy atom. The van der Waals surface area contributed by atoms with Crippen LogP contribution in [0.15, 0.2) is 30.3 Å². The summed E-state index contributed by atoms with van der Waals surface area (Å²) in [7, 11) is 0. The Labute approximate surface area is 114 Å². The molecular weight excluding hydrogens is 240 g/mol. The van der Waals surface area contributed by atoms with Crippen LogP contribution in [-0.2, 0) is 9.53 Å². The molecular formula is C15H22N2O2. The van der Waals surface area contributed by atoms with Crippen molar-refractivity contribution >= 4 is 5.91 Å². The Balaban J connectivity index is 2.02. The summed E-state index contributed by atoms with van der Waals surface area (Å²) < 4.78 is 5.33. The molecule has 0 saturated carbocycles. The van der Waals surface area contributed by atoms with Crippen LogP contribution in [0.3, 0.4) is 0 Å². The number of carbonyl (C=O) groups excluding carboxylic acids is 1. The Bertz CT molecular complexity index is 400. The minimum atomic E-state index is -0.237. The predicted molar refractivity (Wildman–Crippen MR) is 74.8 cm³/mol. The number of nitrogens with one attached hydrogen (secondary N) is 2. The fraction of sp³-hybridized carbons (Fsp3) is 0.533. The van der Waals surface area contributed by atoms with Crippen molar-refractivity contribution in [1.82, 2.24) is 10.6 Å². The van der Waals surface area contributed by atoms with E-state index in [0.717, 1.165) is 12.1 Å². The first-order chi connectivity index (χ1) is 9.18. The normalized spacial score (nSPS) is 21.1. The first kappa shape index (κ1) is 14.0. The molecule has 1 aliphatic heterocycles. The van der Waals surface area contributed by atoms with E-state index in [9.17, 15) is 4.79 Å². The van der Waals surface area contributed by atoms with Gasteiger partial charge in [-0.15, -0.1) is 0 Å². The van der Waals surface area contributed by atoms with Crippen molar-refractivity contribution in [3.05, 3.63) is 35.9 Å². The second-order valence-electron chi connectivity index (χ2n) is 5.22. The Hall–Kier alpha value is -1.39. The number of ether oxygens (including phenoxy) is 1. The molecule has 1 aromatic carbocycles. The van der Waals surface area contributed by atoms with E-state index in [2.05, 4.69) is 36.6 Å². The third kappa shape index (κ3) is 3.78. The summed E-state index contributed by atoms with van der Waals surface area (Å²) in [5.41, 5.74) is 1.14. The molecule has 1 heterocycles. The molecule has 2 N–H and O–H groups in total. The highest BCUT2D eigenvalue weighted by molar-refractivity contribution is 5.82. The van der Waals surface area contributed by atoms with E-state index < -0.39 is 0 Å². The lowest BCUT2D eigenvalue weighted by Gasteiger charge is -2.28. The molecule has 0 aliphatic carbocycles. The predicted octanol–water partition coefficient (Wildman–Crippen LogP) is 1.49. The largest absolute Gasteiger partial charge is 0.378 e. The van der Waals surface area contributed by atoms with Crippen LogP contribution in [0.1, 0.15) is 25.5 Å².